The minimum Gasteiger partial charge on any atom is -0.444 e. The lowest BCUT2D eigenvalue weighted by molar-refractivity contribution is -0.121. The van der Waals surface area contributed by atoms with Gasteiger partial charge >= 0.3 is 18.3 Å². The van der Waals surface area contributed by atoms with E-state index in [4.69, 9.17) is 51.6 Å². The Morgan fingerprint density at radius 2 is 0.835 bits per heavy atom. The molecule has 504 valence electrons. The molecule has 0 saturated carbocycles. The first-order valence-electron chi connectivity index (χ1n) is 29.3. The number of hydrogen-bond donors (Lipinski definition) is 3. The minimum absolute atomic E-state index is 0.415. The molecule has 3 N–H and O–H groups in total. The normalized spacial score (nSPS) is 21.7. The van der Waals surface area contributed by atoms with E-state index in [0.717, 1.165) is 22.6 Å². The molecule has 7 rings (SSSR count). The second-order valence-electron chi connectivity index (χ2n) is 26.1. The SMILES string of the molecule is CC(C)(C)OC(=O)N1[C@H](CF)[C@@H](c2ccc(Br)cc2)OC1(C)C.CC(C)(C)OC(=O)N1[C@H](CF)[C@@H](c2ccc(C=O)cc2)OC1(C)C.CC(C)(C)OC(=O)N1[C@H](CF)[C@@H](c2ccc(C=O)cc2)OC1(C)C.CC(O)c1ccc([C@@H](O)[C@@H](CF)NC(=O)C(Cl)Cl)cc1. The van der Waals surface area contributed by atoms with Crippen LogP contribution in [0.25, 0.3) is 0 Å². The lowest BCUT2D eigenvalue weighted by Crippen LogP contribution is -2.50. The third-order valence-electron chi connectivity index (χ3n) is 14.1. The van der Waals surface area contributed by atoms with Gasteiger partial charge in [0.15, 0.2) is 4.84 Å². The highest BCUT2D eigenvalue weighted by molar-refractivity contribution is 9.10. The minimum atomic E-state index is -1.33. The molecule has 4 amide bonds. The number of carbonyl (C=O) groups is 6. The first kappa shape index (κ1) is 77.5. The van der Waals surface area contributed by atoms with E-state index in [1.165, 1.54) is 14.7 Å². The monoisotopic (exact) mass is 1380 g/mol. The van der Waals surface area contributed by atoms with Gasteiger partial charge in [-0.3, -0.25) is 29.1 Å². The number of carbonyl (C=O) groups excluding carboxylic acids is 6. The van der Waals surface area contributed by atoms with Crippen LogP contribution in [0.15, 0.2) is 102 Å². The molecule has 3 heterocycles. The van der Waals surface area contributed by atoms with E-state index in [1.807, 2.05) is 24.3 Å². The first-order valence-corrected chi connectivity index (χ1v) is 31.0. The summed E-state index contributed by atoms with van der Waals surface area (Å²) in [5.74, 6) is -0.768. The molecule has 3 saturated heterocycles. The Morgan fingerprint density at radius 3 is 1.08 bits per heavy atom. The number of nitrogens with one attached hydrogen (secondary N) is 1. The molecular formula is C66H87BrCl2F4N4O14. The highest BCUT2D eigenvalue weighted by Gasteiger charge is 2.54. The van der Waals surface area contributed by atoms with Crippen LogP contribution in [0, 0.1) is 0 Å². The summed E-state index contributed by atoms with van der Waals surface area (Å²) in [6, 6.07) is 23.8. The van der Waals surface area contributed by atoms with Gasteiger partial charge in [0.05, 0.1) is 30.3 Å². The van der Waals surface area contributed by atoms with Gasteiger partial charge in [0, 0.05) is 15.6 Å². The highest BCUT2D eigenvalue weighted by Crippen LogP contribution is 2.45. The van der Waals surface area contributed by atoms with E-state index in [9.17, 15) is 56.5 Å². The molecule has 4 aromatic rings. The topological polar surface area (TPSA) is 220 Å². The van der Waals surface area contributed by atoms with Crippen LogP contribution in [0.1, 0.15) is 190 Å². The zero-order chi connectivity index (χ0) is 68.9. The average molecular weight is 1390 g/mol. The number of aliphatic hydroxyl groups excluding tert-OH is 2. The van der Waals surface area contributed by atoms with Crippen molar-refractivity contribution in [1.82, 2.24) is 20.0 Å². The number of rotatable bonds is 14. The fourth-order valence-corrected chi connectivity index (χ4v) is 10.5. The van der Waals surface area contributed by atoms with Crippen molar-refractivity contribution in [3.8, 4) is 0 Å². The van der Waals surface area contributed by atoms with Crippen molar-refractivity contribution < 1.29 is 85.0 Å². The third kappa shape index (κ3) is 21.6. The van der Waals surface area contributed by atoms with Crippen LogP contribution in [-0.2, 0) is 33.2 Å². The molecular weight excluding hydrogens is 1300 g/mol. The van der Waals surface area contributed by atoms with Crippen molar-refractivity contribution in [2.45, 2.75) is 204 Å². The molecule has 3 fully saturated rings. The molecule has 0 aromatic heterocycles. The molecule has 4 aromatic carbocycles. The number of amides is 4. The van der Waals surface area contributed by atoms with Gasteiger partial charge in [-0.15, -0.1) is 0 Å². The van der Waals surface area contributed by atoms with Gasteiger partial charge in [0.2, 0.25) is 0 Å². The number of aliphatic hydroxyl groups is 2. The average Bonchev–Trinajstić information content (AvgIpc) is 1.64. The summed E-state index contributed by atoms with van der Waals surface area (Å²) in [6.45, 7) is 24.6. The molecule has 0 aliphatic carbocycles. The summed E-state index contributed by atoms with van der Waals surface area (Å²) in [5, 5.41) is 21.6. The van der Waals surface area contributed by atoms with Crippen LogP contribution in [0.2, 0.25) is 0 Å². The molecule has 0 spiro atoms. The third-order valence-corrected chi connectivity index (χ3v) is 15.0. The maximum absolute atomic E-state index is 13.8. The molecule has 1 unspecified atom stereocenters. The van der Waals surface area contributed by atoms with Crippen LogP contribution in [0.3, 0.4) is 0 Å². The second-order valence-corrected chi connectivity index (χ2v) is 28.2. The van der Waals surface area contributed by atoms with Gasteiger partial charge in [0.25, 0.3) is 5.91 Å². The van der Waals surface area contributed by atoms with E-state index in [-0.39, 0.29) is 0 Å². The van der Waals surface area contributed by atoms with E-state index in [0.29, 0.717) is 33.4 Å². The zero-order valence-corrected chi connectivity index (χ0v) is 57.4. The standard InChI is InChI=1S/2C18H24FNO4.C17H23BrFNO3.C13H16Cl2FNO3/c2*1-17(2,3)24-16(22)20-14(10-19)15(23-18(20,4)5)13-8-6-12(11-21)7-9-13;1-16(2,3)23-15(21)20-13(10-19)14(22-17(20,4)5)11-6-8-12(18)9-7-11;1-7(18)8-2-4-9(5-3-8)11(19)10(6-16)17-13(20)12(14)15/h2*6-9,11,14-15H,10H2,1-5H3;6-9,13-14H,10H2,1-5H3;2-5,7,10-12,18-19H,6H2,1H3,(H,17,20)/t2*14-,15-;13-,14-;7?,10-,11-/m1111/s1. The molecule has 91 heavy (non-hydrogen) atoms. The molecule has 9 atom stereocenters. The summed E-state index contributed by atoms with van der Waals surface area (Å²) >= 11 is 14.1. The largest absolute Gasteiger partial charge is 0.444 e. The van der Waals surface area contributed by atoms with Crippen LogP contribution >= 0.6 is 39.1 Å². The fraction of sp³-hybridized carbons (Fsp3) is 0.545. The maximum Gasteiger partial charge on any atom is 0.413 e. The Bertz CT molecular complexity index is 2930. The van der Waals surface area contributed by atoms with Gasteiger partial charge in [-0.2, -0.15) is 0 Å². The Balaban J connectivity index is 0.000000260. The predicted octanol–water partition coefficient (Wildman–Crippen LogP) is 14.6. The van der Waals surface area contributed by atoms with Crippen LogP contribution in [-0.4, -0.2) is 151 Å². The fourth-order valence-electron chi connectivity index (χ4n) is 10.1. The summed E-state index contributed by atoms with van der Waals surface area (Å²) in [6.07, 6.45) is -3.96. The second kappa shape index (κ2) is 32.3. The van der Waals surface area contributed by atoms with E-state index < -0.39 is 144 Å². The van der Waals surface area contributed by atoms with Crippen LogP contribution < -0.4 is 5.32 Å². The Hall–Kier alpha value is -5.92. The van der Waals surface area contributed by atoms with E-state index in [2.05, 4.69) is 21.2 Å². The number of benzene rings is 4. The number of alkyl halides is 6. The van der Waals surface area contributed by atoms with Crippen LogP contribution in [0.5, 0.6) is 0 Å². The number of halogens is 7. The molecule has 0 bridgehead atoms. The Morgan fingerprint density at radius 1 is 0.549 bits per heavy atom. The first-order chi connectivity index (χ1) is 42.1. The number of hydrogen-bond acceptors (Lipinski definition) is 14. The highest BCUT2D eigenvalue weighted by atomic mass is 79.9. The lowest BCUT2D eigenvalue weighted by atomic mass is 10.0. The van der Waals surface area contributed by atoms with E-state index >= 15 is 0 Å². The smallest absolute Gasteiger partial charge is 0.413 e. The summed E-state index contributed by atoms with van der Waals surface area (Å²) in [5.41, 5.74) is -0.592. The molecule has 3 aliphatic rings. The van der Waals surface area contributed by atoms with Crippen molar-refractivity contribution in [3.63, 3.8) is 0 Å². The van der Waals surface area contributed by atoms with Gasteiger partial charge in [0.1, 0.15) is 97.7 Å². The van der Waals surface area contributed by atoms with Gasteiger partial charge in [-0.25, -0.2) is 31.9 Å². The maximum atomic E-state index is 13.8. The van der Waals surface area contributed by atoms with E-state index in [1.54, 1.807) is 184 Å². The molecule has 25 heteroatoms. The predicted molar refractivity (Wildman–Crippen MR) is 340 cm³/mol. The molecule has 3 aliphatic heterocycles. The summed E-state index contributed by atoms with van der Waals surface area (Å²) < 4.78 is 89.3. The van der Waals surface area contributed by atoms with Crippen molar-refractivity contribution in [3.05, 3.63) is 140 Å². The quantitative estimate of drug-likeness (QED) is 0.0463. The Labute approximate surface area is 549 Å². The van der Waals surface area contributed by atoms with Crippen molar-refractivity contribution in [2.24, 2.45) is 0 Å². The van der Waals surface area contributed by atoms with Crippen molar-refractivity contribution in [1.29, 1.82) is 0 Å². The van der Waals surface area contributed by atoms with Crippen LogP contribution in [0.4, 0.5) is 31.9 Å². The number of ether oxygens (including phenoxy) is 6. The van der Waals surface area contributed by atoms with Gasteiger partial charge in [-0.1, -0.05) is 124 Å². The summed E-state index contributed by atoms with van der Waals surface area (Å²) in [7, 11) is 0. The van der Waals surface area contributed by atoms with Crippen molar-refractivity contribution in [2.75, 3.05) is 26.7 Å². The zero-order valence-electron chi connectivity index (χ0n) is 54.3. The van der Waals surface area contributed by atoms with Gasteiger partial charge < -0.3 is 44.0 Å². The molecule has 18 nitrogen and oxygen atoms in total. The summed E-state index contributed by atoms with van der Waals surface area (Å²) in [4.78, 5) is 73.1. The molecule has 0 radical (unpaired) electrons. The number of aldehydes is 2. The Kier molecular flexibility index (Phi) is 27.5. The van der Waals surface area contributed by atoms with Crippen molar-refractivity contribution >= 4 is 75.9 Å². The number of nitrogens with zero attached hydrogens (tertiary/aromatic N) is 3. The lowest BCUT2D eigenvalue weighted by Gasteiger charge is -2.34. The van der Waals surface area contributed by atoms with Gasteiger partial charge in [-0.05, 0) is 151 Å².